The number of Topliss-reactive ketones (excluding diaryl/α,β-unsaturated/α-hetero) is 1. The molecule has 0 heterocycles. The number of nitrogens with one attached hydrogen (secondary N) is 1. The summed E-state index contributed by atoms with van der Waals surface area (Å²) in [6.07, 6.45) is -0.670. The fourth-order valence-corrected chi connectivity index (χ4v) is 2.31. The van der Waals surface area contributed by atoms with E-state index in [-0.39, 0.29) is 11.3 Å². The average Bonchev–Trinajstić information content (AvgIpc) is 2.43. The molecule has 0 aromatic heterocycles. The molecule has 1 atom stereocenters. The maximum atomic E-state index is 12.7. The van der Waals surface area contributed by atoms with Crippen LogP contribution < -0.4 is 10.1 Å². The minimum absolute atomic E-state index is 0.0422. The highest BCUT2D eigenvalue weighted by Crippen LogP contribution is 2.24. The van der Waals surface area contributed by atoms with Crippen LogP contribution in [0.3, 0.4) is 0 Å². The molecule has 2 aromatic carbocycles. The van der Waals surface area contributed by atoms with Crippen LogP contribution in [0.2, 0.25) is 0 Å². The van der Waals surface area contributed by atoms with E-state index in [1.54, 1.807) is 0 Å². The lowest BCUT2D eigenvalue weighted by atomic mass is 9.89. The molecule has 0 radical (unpaired) electrons. The number of ketones is 1. The summed E-state index contributed by atoms with van der Waals surface area (Å²) in [6.45, 7) is 11.8. The third-order valence-corrected chi connectivity index (χ3v) is 3.52. The fourth-order valence-electron chi connectivity index (χ4n) is 2.31. The number of carbonyl (C=O) groups excluding carboxylic acids is 1. The van der Waals surface area contributed by atoms with E-state index < -0.39 is 11.6 Å². The summed E-state index contributed by atoms with van der Waals surface area (Å²) in [7, 11) is 0. The van der Waals surface area contributed by atoms with Crippen LogP contribution in [-0.4, -0.2) is 17.6 Å². The van der Waals surface area contributed by atoms with Gasteiger partial charge in [0, 0.05) is 11.0 Å². The summed E-state index contributed by atoms with van der Waals surface area (Å²) in [4.78, 5) is 12.7. The molecule has 1 N–H and O–H groups in total. The predicted octanol–water partition coefficient (Wildman–Crippen LogP) is 4.55. The number of benzene rings is 2. The molecule has 0 fully saturated rings. The third kappa shape index (κ3) is 4.80. The summed E-state index contributed by atoms with van der Waals surface area (Å²) in [6, 6.07) is 14.0. The van der Waals surface area contributed by atoms with E-state index >= 15 is 0 Å². The van der Waals surface area contributed by atoms with Crippen molar-refractivity contribution >= 4 is 16.6 Å². The standard InChI is InChI=1S/C20H27NO2/c1-19(2,3)17(22)18(21-20(4,5)6)23-16-12-11-14-9-7-8-10-15(14)13-16/h7-13,18,21H,1-6H3. The summed E-state index contributed by atoms with van der Waals surface area (Å²) < 4.78 is 6.03. The molecule has 124 valence electrons. The second-order valence-electron chi connectivity index (χ2n) is 8.02. The average molecular weight is 313 g/mol. The van der Waals surface area contributed by atoms with Crippen molar-refractivity contribution in [2.75, 3.05) is 0 Å². The Morgan fingerprint density at radius 1 is 0.957 bits per heavy atom. The Morgan fingerprint density at radius 2 is 1.57 bits per heavy atom. The first-order valence-corrected chi connectivity index (χ1v) is 8.04. The molecule has 0 aliphatic heterocycles. The number of fused-ring (bicyclic) bond motifs is 1. The number of rotatable bonds is 4. The van der Waals surface area contributed by atoms with Crippen LogP contribution in [0.15, 0.2) is 42.5 Å². The SMILES string of the molecule is CC(C)(C)NC(Oc1ccc2ccccc2c1)C(=O)C(C)(C)C. The van der Waals surface area contributed by atoms with Gasteiger partial charge in [0.2, 0.25) is 6.23 Å². The van der Waals surface area contributed by atoms with Crippen molar-refractivity contribution in [3.05, 3.63) is 42.5 Å². The molecule has 0 spiro atoms. The van der Waals surface area contributed by atoms with E-state index in [0.29, 0.717) is 5.75 Å². The number of carbonyl (C=O) groups is 1. The van der Waals surface area contributed by atoms with Crippen LogP contribution in [0.25, 0.3) is 10.8 Å². The summed E-state index contributed by atoms with van der Waals surface area (Å²) in [5.41, 5.74) is -0.692. The zero-order valence-electron chi connectivity index (χ0n) is 14.9. The molecule has 0 bridgehead atoms. The van der Waals surface area contributed by atoms with Crippen LogP contribution in [0.4, 0.5) is 0 Å². The van der Waals surface area contributed by atoms with Gasteiger partial charge in [-0.1, -0.05) is 51.1 Å². The Morgan fingerprint density at radius 3 is 2.13 bits per heavy atom. The van der Waals surface area contributed by atoms with E-state index in [4.69, 9.17) is 4.74 Å². The van der Waals surface area contributed by atoms with Gasteiger partial charge in [-0.15, -0.1) is 0 Å². The highest BCUT2D eigenvalue weighted by Gasteiger charge is 2.33. The molecule has 0 aliphatic rings. The molecule has 23 heavy (non-hydrogen) atoms. The lowest BCUT2D eigenvalue weighted by molar-refractivity contribution is -0.135. The maximum Gasteiger partial charge on any atom is 0.210 e. The van der Waals surface area contributed by atoms with E-state index in [9.17, 15) is 4.79 Å². The lowest BCUT2D eigenvalue weighted by Gasteiger charge is -2.31. The van der Waals surface area contributed by atoms with E-state index in [0.717, 1.165) is 10.8 Å². The molecule has 1 unspecified atom stereocenters. The molecular formula is C20H27NO2. The van der Waals surface area contributed by atoms with Crippen molar-refractivity contribution in [1.82, 2.24) is 5.32 Å². The van der Waals surface area contributed by atoms with Crippen LogP contribution in [0, 0.1) is 5.41 Å². The largest absolute Gasteiger partial charge is 0.468 e. The first kappa shape index (κ1) is 17.5. The van der Waals surface area contributed by atoms with Crippen LogP contribution in [-0.2, 0) is 4.79 Å². The Bertz CT molecular complexity index is 693. The van der Waals surface area contributed by atoms with Crippen molar-refractivity contribution in [2.24, 2.45) is 5.41 Å². The van der Waals surface area contributed by atoms with Gasteiger partial charge in [0.25, 0.3) is 0 Å². The van der Waals surface area contributed by atoms with Crippen molar-refractivity contribution in [2.45, 2.75) is 53.3 Å². The first-order chi connectivity index (χ1) is 10.6. The lowest BCUT2D eigenvalue weighted by Crippen LogP contribution is -2.53. The zero-order valence-corrected chi connectivity index (χ0v) is 14.9. The number of hydrogen-bond acceptors (Lipinski definition) is 3. The van der Waals surface area contributed by atoms with Crippen molar-refractivity contribution in [3.63, 3.8) is 0 Å². The molecule has 3 heteroatoms. The monoisotopic (exact) mass is 313 g/mol. The van der Waals surface area contributed by atoms with E-state index in [1.165, 1.54) is 0 Å². The maximum absolute atomic E-state index is 12.7. The minimum atomic E-state index is -0.670. The smallest absolute Gasteiger partial charge is 0.210 e. The first-order valence-electron chi connectivity index (χ1n) is 8.04. The van der Waals surface area contributed by atoms with Crippen molar-refractivity contribution in [1.29, 1.82) is 0 Å². The Balaban J connectivity index is 2.29. The molecule has 2 aromatic rings. The molecule has 3 nitrogen and oxygen atoms in total. The van der Waals surface area contributed by atoms with Gasteiger partial charge in [0.15, 0.2) is 5.78 Å². The summed E-state index contributed by atoms with van der Waals surface area (Å²) in [5.74, 6) is 0.739. The Hall–Kier alpha value is -1.87. The van der Waals surface area contributed by atoms with Gasteiger partial charge in [-0.2, -0.15) is 0 Å². The van der Waals surface area contributed by atoms with Gasteiger partial charge < -0.3 is 4.74 Å². The van der Waals surface area contributed by atoms with Crippen LogP contribution in [0.5, 0.6) is 5.75 Å². The zero-order chi connectivity index (χ0) is 17.3. The van der Waals surface area contributed by atoms with Crippen molar-refractivity contribution in [3.8, 4) is 5.75 Å². The second kappa shape index (κ2) is 6.32. The van der Waals surface area contributed by atoms with Gasteiger partial charge >= 0.3 is 0 Å². The molecule has 0 saturated carbocycles. The van der Waals surface area contributed by atoms with Crippen LogP contribution >= 0.6 is 0 Å². The minimum Gasteiger partial charge on any atom is -0.468 e. The van der Waals surface area contributed by atoms with E-state index in [1.807, 2.05) is 77.9 Å². The predicted molar refractivity (Wildman–Crippen MR) is 95.7 cm³/mol. The number of ether oxygens (including phenoxy) is 1. The molecule has 0 saturated heterocycles. The topological polar surface area (TPSA) is 38.3 Å². The van der Waals surface area contributed by atoms with Gasteiger partial charge in [-0.05, 0) is 43.7 Å². The quantitative estimate of drug-likeness (QED) is 0.842. The van der Waals surface area contributed by atoms with Gasteiger partial charge in [-0.3, -0.25) is 10.1 Å². The molecular weight excluding hydrogens is 286 g/mol. The molecule has 0 aliphatic carbocycles. The van der Waals surface area contributed by atoms with Gasteiger partial charge in [0.05, 0.1) is 0 Å². The number of hydrogen-bond donors (Lipinski definition) is 1. The van der Waals surface area contributed by atoms with E-state index in [2.05, 4.69) is 11.4 Å². The van der Waals surface area contributed by atoms with Crippen molar-refractivity contribution < 1.29 is 9.53 Å². The summed E-state index contributed by atoms with van der Waals surface area (Å²) >= 11 is 0. The Kier molecular flexibility index (Phi) is 4.81. The second-order valence-corrected chi connectivity index (χ2v) is 8.02. The molecule has 0 amide bonds. The van der Waals surface area contributed by atoms with Gasteiger partial charge in [0.1, 0.15) is 5.75 Å². The normalized spacial score (nSPS) is 13.8. The third-order valence-electron chi connectivity index (χ3n) is 3.52. The molecule has 2 rings (SSSR count). The highest BCUT2D eigenvalue weighted by atomic mass is 16.5. The Labute approximate surface area is 139 Å². The van der Waals surface area contributed by atoms with Crippen LogP contribution in [0.1, 0.15) is 41.5 Å². The summed E-state index contributed by atoms with van der Waals surface area (Å²) in [5, 5.41) is 5.54. The van der Waals surface area contributed by atoms with Gasteiger partial charge in [-0.25, -0.2) is 0 Å². The highest BCUT2D eigenvalue weighted by molar-refractivity contribution is 5.88. The fraction of sp³-hybridized carbons (Fsp3) is 0.450.